The summed E-state index contributed by atoms with van der Waals surface area (Å²) in [5.74, 6) is 0.579. The number of hydrogen-bond donors (Lipinski definition) is 1. The summed E-state index contributed by atoms with van der Waals surface area (Å²) in [6.07, 6.45) is 0.774. The van der Waals surface area contributed by atoms with E-state index >= 15 is 0 Å². The lowest BCUT2D eigenvalue weighted by atomic mass is 10.0. The van der Waals surface area contributed by atoms with Crippen LogP contribution in [-0.4, -0.2) is 12.5 Å². The molecule has 3 heteroatoms. The Bertz CT molecular complexity index is 843. The molecule has 0 atom stereocenters. The van der Waals surface area contributed by atoms with Gasteiger partial charge < -0.3 is 10.1 Å². The number of anilines is 1. The number of carbonyl (C=O) groups is 1. The Balaban J connectivity index is 1.63. The topological polar surface area (TPSA) is 38.3 Å². The highest BCUT2D eigenvalue weighted by Gasteiger charge is 2.08. The number of benzene rings is 3. The largest absolute Gasteiger partial charge is 0.483 e. The molecule has 0 bridgehead atoms. The Labute approximate surface area is 148 Å². The first kappa shape index (κ1) is 16.8. The van der Waals surface area contributed by atoms with E-state index in [-0.39, 0.29) is 12.5 Å². The highest BCUT2D eigenvalue weighted by atomic mass is 16.5. The molecule has 0 aromatic heterocycles. The number of rotatable bonds is 6. The number of para-hydroxylation sites is 2. The van der Waals surface area contributed by atoms with Crippen molar-refractivity contribution in [3.8, 4) is 5.75 Å². The maximum atomic E-state index is 12.2. The van der Waals surface area contributed by atoms with Crippen LogP contribution in [0.15, 0.2) is 78.9 Å². The molecule has 3 aromatic rings. The van der Waals surface area contributed by atoms with Gasteiger partial charge in [0.2, 0.25) is 0 Å². The molecule has 0 aliphatic heterocycles. The summed E-state index contributed by atoms with van der Waals surface area (Å²) < 4.78 is 5.77. The first-order valence-electron chi connectivity index (χ1n) is 8.32. The van der Waals surface area contributed by atoms with E-state index in [2.05, 4.69) is 17.4 Å². The van der Waals surface area contributed by atoms with E-state index in [9.17, 15) is 4.79 Å². The first-order valence-corrected chi connectivity index (χ1v) is 8.32. The molecule has 3 aromatic carbocycles. The standard InChI is InChI=1S/C22H21NO2/c1-17-9-5-7-13-20(17)23-22(24)16-25-21-14-8-6-12-19(21)15-18-10-3-2-4-11-18/h2-14H,15-16H2,1H3,(H,23,24). The van der Waals surface area contributed by atoms with Crippen molar-refractivity contribution in [1.29, 1.82) is 0 Å². The number of nitrogens with one attached hydrogen (secondary N) is 1. The van der Waals surface area contributed by atoms with Crippen molar-refractivity contribution in [1.82, 2.24) is 0 Å². The van der Waals surface area contributed by atoms with Gasteiger partial charge in [-0.2, -0.15) is 0 Å². The van der Waals surface area contributed by atoms with Crippen LogP contribution in [0.1, 0.15) is 16.7 Å². The predicted octanol–water partition coefficient (Wildman–Crippen LogP) is 4.60. The molecule has 0 saturated heterocycles. The first-order chi connectivity index (χ1) is 12.2. The third-order valence-corrected chi connectivity index (χ3v) is 3.99. The van der Waals surface area contributed by atoms with E-state index in [0.717, 1.165) is 29.0 Å². The summed E-state index contributed by atoms with van der Waals surface area (Å²) in [4.78, 5) is 12.2. The maximum absolute atomic E-state index is 12.2. The molecule has 0 fully saturated rings. The van der Waals surface area contributed by atoms with Crippen molar-refractivity contribution in [3.05, 3.63) is 95.6 Å². The molecule has 0 spiro atoms. The molecule has 3 nitrogen and oxygen atoms in total. The number of aryl methyl sites for hydroxylation is 1. The van der Waals surface area contributed by atoms with Crippen molar-refractivity contribution in [3.63, 3.8) is 0 Å². The molecular weight excluding hydrogens is 310 g/mol. The van der Waals surface area contributed by atoms with Crippen LogP contribution in [0.4, 0.5) is 5.69 Å². The minimum absolute atomic E-state index is 0.0138. The molecule has 1 N–H and O–H groups in total. The van der Waals surface area contributed by atoms with Gasteiger partial charge in [0.25, 0.3) is 5.91 Å². The number of amides is 1. The molecule has 3 rings (SSSR count). The van der Waals surface area contributed by atoms with E-state index in [1.54, 1.807) is 0 Å². The van der Waals surface area contributed by atoms with Gasteiger partial charge in [-0.05, 0) is 35.7 Å². The van der Waals surface area contributed by atoms with Crippen LogP contribution in [-0.2, 0) is 11.2 Å². The highest BCUT2D eigenvalue weighted by Crippen LogP contribution is 2.21. The lowest BCUT2D eigenvalue weighted by Gasteiger charge is -2.12. The van der Waals surface area contributed by atoms with E-state index in [4.69, 9.17) is 4.74 Å². The fraction of sp³-hybridized carbons (Fsp3) is 0.136. The molecule has 0 unspecified atom stereocenters. The number of ether oxygens (including phenoxy) is 1. The normalized spacial score (nSPS) is 10.3. The molecule has 0 aliphatic rings. The zero-order valence-corrected chi connectivity index (χ0v) is 14.2. The Hall–Kier alpha value is -3.07. The smallest absolute Gasteiger partial charge is 0.262 e. The van der Waals surface area contributed by atoms with Crippen molar-refractivity contribution in [2.45, 2.75) is 13.3 Å². The van der Waals surface area contributed by atoms with Crippen LogP contribution in [0.25, 0.3) is 0 Å². The molecule has 0 saturated carbocycles. The lowest BCUT2D eigenvalue weighted by Crippen LogP contribution is -2.21. The quantitative estimate of drug-likeness (QED) is 0.717. The molecular formula is C22H21NO2. The summed E-state index contributed by atoms with van der Waals surface area (Å²) in [5, 5.41) is 2.89. The van der Waals surface area contributed by atoms with Gasteiger partial charge in [0.15, 0.2) is 6.61 Å². The summed E-state index contributed by atoms with van der Waals surface area (Å²) >= 11 is 0. The van der Waals surface area contributed by atoms with E-state index in [1.807, 2.05) is 73.7 Å². The molecule has 25 heavy (non-hydrogen) atoms. The van der Waals surface area contributed by atoms with Gasteiger partial charge in [0, 0.05) is 12.1 Å². The SMILES string of the molecule is Cc1ccccc1NC(=O)COc1ccccc1Cc1ccccc1. The Kier molecular flexibility index (Phi) is 5.47. The molecule has 0 heterocycles. The maximum Gasteiger partial charge on any atom is 0.262 e. The Morgan fingerprint density at radius 1 is 0.880 bits per heavy atom. The summed E-state index contributed by atoms with van der Waals surface area (Å²) in [7, 11) is 0. The lowest BCUT2D eigenvalue weighted by molar-refractivity contribution is -0.118. The van der Waals surface area contributed by atoms with Gasteiger partial charge >= 0.3 is 0 Å². The van der Waals surface area contributed by atoms with Crippen LogP contribution in [0.5, 0.6) is 5.75 Å². The fourth-order valence-corrected chi connectivity index (χ4v) is 2.65. The Morgan fingerprint density at radius 3 is 2.36 bits per heavy atom. The molecule has 1 amide bonds. The molecule has 0 radical (unpaired) electrons. The summed E-state index contributed by atoms with van der Waals surface area (Å²) in [5.41, 5.74) is 4.12. The minimum atomic E-state index is -0.163. The van der Waals surface area contributed by atoms with Gasteiger partial charge in [0.1, 0.15) is 5.75 Å². The summed E-state index contributed by atoms with van der Waals surface area (Å²) in [6.45, 7) is 1.95. The van der Waals surface area contributed by atoms with E-state index < -0.39 is 0 Å². The van der Waals surface area contributed by atoms with Crippen LogP contribution in [0, 0.1) is 6.92 Å². The van der Waals surface area contributed by atoms with Gasteiger partial charge in [-0.3, -0.25) is 4.79 Å². The third kappa shape index (κ3) is 4.70. The number of carbonyl (C=O) groups excluding carboxylic acids is 1. The monoisotopic (exact) mass is 331 g/mol. The average Bonchev–Trinajstić information content (AvgIpc) is 2.64. The van der Waals surface area contributed by atoms with Crippen LogP contribution in [0.3, 0.4) is 0 Å². The van der Waals surface area contributed by atoms with Crippen LogP contribution < -0.4 is 10.1 Å². The van der Waals surface area contributed by atoms with Gasteiger partial charge in [-0.15, -0.1) is 0 Å². The van der Waals surface area contributed by atoms with Crippen molar-refractivity contribution in [2.75, 3.05) is 11.9 Å². The molecule has 0 aliphatic carbocycles. The summed E-state index contributed by atoms with van der Waals surface area (Å²) in [6, 6.07) is 25.7. The minimum Gasteiger partial charge on any atom is -0.483 e. The second-order valence-corrected chi connectivity index (χ2v) is 5.92. The number of hydrogen-bond acceptors (Lipinski definition) is 2. The second-order valence-electron chi connectivity index (χ2n) is 5.92. The highest BCUT2D eigenvalue weighted by molar-refractivity contribution is 5.92. The van der Waals surface area contributed by atoms with Gasteiger partial charge in [-0.1, -0.05) is 66.7 Å². The van der Waals surface area contributed by atoms with Crippen molar-refractivity contribution >= 4 is 11.6 Å². The average molecular weight is 331 g/mol. The van der Waals surface area contributed by atoms with Gasteiger partial charge in [0.05, 0.1) is 0 Å². The molecule has 126 valence electrons. The van der Waals surface area contributed by atoms with E-state index in [0.29, 0.717) is 0 Å². The van der Waals surface area contributed by atoms with Gasteiger partial charge in [-0.25, -0.2) is 0 Å². The van der Waals surface area contributed by atoms with Crippen molar-refractivity contribution in [2.24, 2.45) is 0 Å². The predicted molar refractivity (Wildman–Crippen MR) is 101 cm³/mol. The van der Waals surface area contributed by atoms with Crippen LogP contribution in [0.2, 0.25) is 0 Å². The zero-order valence-electron chi connectivity index (χ0n) is 14.2. The van der Waals surface area contributed by atoms with Crippen LogP contribution >= 0.6 is 0 Å². The fourth-order valence-electron chi connectivity index (χ4n) is 2.65. The third-order valence-electron chi connectivity index (χ3n) is 3.99. The second kappa shape index (κ2) is 8.15. The van der Waals surface area contributed by atoms with E-state index in [1.165, 1.54) is 5.56 Å². The zero-order chi connectivity index (χ0) is 17.5. The van der Waals surface area contributed by atoms with Crippen molar-refractivity contribution < 1.29 is 9.53 Å². The Morgan fingerprint density at radius 2 is 1.56 bits per heavy atom.